The number of nitrogens with zero attached hydrogens (tertiary/aromatic N) is 3. The van der Waals surface area contributed by atoms with Crippen molar-refractivity contribution in [1.29, 1.82) is 0 Å². The van der Waals surface area contributed by atoms with Crippen LogP contribution >= 0.6 is 11.3 Å². The van der Waals surface area contributed by atoms with E-state index in [1.54, 1.807) is 30.3 Å². The molecule has 10 heteroatoms. The minimum Gasteiger partial charge on any atom is -0.457 e. The number of benzene rings is 3. The number of carbonyl (C=O) groups excluding carboxylic acids is 2. The van der Waals surface area contributed by atoms with E-state index in [4.69, 9.17) is 4.74 Å². The van der Waals surface area contributed by atoms with Crippen molar-refractivity contribution in [2.75, 3.05) is 39.8 Å². The number of halogens is 3. The number of thiazole rings is 1. The molecule has 0 radical (unpaired) electrons. The molecule has 1 saturated heterocycles. The Labute approximate surface area is 234 Å². The summed E-state index contributed by atoms with van der Waals surface area (Å²) in [6.45, 7) is 4.15. The predicted molar refractivity (Wildman–Crippen MR) is 148 cm³/mol. The molecule has 40 heavy (non-hydrogen) atoms. The van der Waals surface area contributed by atoms with Gasteiger partial charge in [0.1, 0.15) is 16.5 Å². The van der Waals surface area contributed by atoms with Gasteiger partial charge in [-0.15, -0.1) is 11.3 Å². The van der Waals surface area contributed by atoms with Crippen LogP contribution in [0.5, 0.6) is 11.5 Å². The second kappa shape index (κ2) is 11.9. The molecule has 0 saturated carbocycles. The number of fused-ring (bicyclic) bond motifs is 1. The van der Waals surface area contributed by atoms with E-state index < -0.39 is 11.7 Å². The molecule has 0 atom stereocenters. The van der Waals surface area contributed by atoms with Crippen LogP contribution in [0.2, 0.25) is 0 Å². The molecule has 2 heterocycles. The molecular weight excluding hydrogens is 539 g/mol. The van der Waals surface area contributed by atoms with Crippen LogP contribution in [0.3, 0.4) is 0 Å². The lowest BCUT2D eigenvalue weighted by molar-refractivity contribution is -0.137. The lowest BCUT2D eigenvalue weighted by atomic mass is 10.0. The Morgan fingerprint density at radius 1 is 0.925 bits per heavy atom. The molecule has 5 rings (SSSR count). The molecule has 4 aromatic rings. The van der Waals surface area contributed by atoms with Crippen LogP contribution < -0.4 is 4.74 Å². The Morgan fingerprint density at radius 2 is 1.65 bits per heavy atom. The number of carbonyl (C=O) groups is 2. The first-order valence-corrected chi connectivity index (χ1v) is 13.7. The average Bonchev–Trinajstić information content (AvgIpc) is 3.31. The number of hydrogen-bond donors (Lipinski definition) is 0. The zero-order chi connectivity index (χ0) is 28.3. The number of ketones is 2. The van der Waals surface area contributed by atoms with Gasteiger partial charge in [0.15, 0.2) is 11.6 Å². The summed E-state index contributed by atoms with van der Waals surface area (Å²) in [4.78, 5) is 34.5. The van der Waals surface area contributed by atoms with Gasteiger partial charge >= 0.3 is 6.18 Å². The fourth-order valence-corrected chi connectivity index (χ4v) is 5.56. The van der Waals surface area contributed by atoms with Gasteiger partial charge in [-0.25, -0.2) is 4.98 Å². The number of rotatable bonds is 9. The fourth-order valence-electron chi connectivity index (χ4n) is 4.54. The standard InChI is InChI=1S/C30H28F3N3O3S/c1-35-11-13-36(14-12-35)19-23(37)17-29-34-26-10-9-25(18-28(26)40-29)39-24-4-2-3-21(16-24)27(38)15-20-5-7-22(8-6-20)30(31,32)33/h2-10,16,18H,11-15,17,19H2,1H3. The molecule has 0 spiro atoms. The van der Waals surface area contributed by atoms with Crippen molar-refractivity contribution in [2.45, 2.75) is 19.0 Å². The topological polar surface area (TPSA) is 62.7 Å². The van der Waals surface area contributed by atoms with Gasteiger partial charge in [0, 0.05) is 44.2 Å². The van der Waals surface area contributed by atoms with E-state index >= 15 is 0 Å². The summed E-state index contributed by atoms with van der Waals surface area (Å²) < 4.78 is 45.3. The van der Waals surface area contributed by atoms with Gasteiger partial charge in [-0.05, 0) is 49.0 Å². The van der Waals surface area contributed by atoms with Crippen molar-refractivity contribution >= 4 is 33.1 Å². The molecule has 1 aliphatic heterocycles. The van der Waals surface area contributed by atoms with Crippen molar-refractivity contribution in [2.24, 2.45) is 0 Å². The first-order chi connectivity index (χ1) is 19.1. The SMILES string of the molecule is CN1CCN(CC(=O)Cc2nc3ccc(Oc4cccc(C(=O)Cc5ccc(C(F)(F)F)cc5)c4)cc3s2)CC1. The van der Waals surface area contributed by atoms with Gasteiger partial charge < -0.3 is 9.64 Å². The highest BCUT2D eigenvalue weighted by Gasteiger charge is 2.30. The highest BCUT2D eigenvalue weighted by atomic mass is 32.1. The molecule has 0 N–H and O–H groups in total. The van der Waals surface area contributed by atoms with Crippen LogP contribution in [-0.4, -0.2) is 66.1 Å². The number of aromatic nitrogens is 1. The van der Waals surface area contributed by atoms with E-state index in [0.717, 1.165) is 53.5 Å². The highest BCUT2D eigenvalue weighted by Crippen LogP contribution is 2.31. The quantitative estimate of drug-likeness (QED) is 0.235. The molecule has 1 aromatic heterocycles. The Bertz CT molecular complexity index is 1510. The van der Waals surface area contributed by atoms with E-state index in [0.29, 0.717) is 35.6 Å². The molecule has 0 aliphatic carbocycles. The predicted octanol–water partition coefficient (Wildman–Crippen LogP) is 5.89. The smallest absolute Gasteiger partial charge is 0.416 e. The van der Waals surface area contributed by atoms with Gasteiger partial charge in [0.05, 0.1) is 28.7 Å². The minimum absolute atomic E-state index is 0.0231. The summed E-state index contributed by atoms with van der Waals surface area (Å²) in [6.07, 6.45) is -4.14. The Balaban J connectivity index is 1.21. The summed E-state index contributed by atoms with van der Waals surface area (Å²) in [5.41, 5.74) is 0.941. The molecule has 3 aromatic carbocycles. The van der Waals surface area contributed by atoms with Crippen LogP contribution in [0.4, 0.5) is 13.2 Å². The van der Waals surface area contributed by atoms with Crippen LogP contribution in [0.25, 0.3) is 10.2 Å². The van der Waals surface area contributed by atoms with Crippen LogP contribution in [0.15, 0.2) is 66.7 Å². The normalized spacial score (nSPS) is 14.9. The summed E-state index contributed by atoms with van der Waals surface area (Å²) in [5.74, 6) is 0.954. The fraction of sp³-hybridized carbons (Fsp3) is 0.300. The third-order valence-corrected chi connectivity index (χ3v) is 7.80. The highest BCUT2D eigenvalue weighted by molar-refractivity contribution is 7.18. The molecule has 0 bridgehead atoms. The number of Topliss-reactive ketones (excluding diaryl/α,β-unsaturated/α-hetero) is 2. The van der Waals surface area contributed by atoms with Crippen molar-refractivity contribution in [3.63, 3.8) is 0 Å². The average molecular weight is 568 g/mol. The monoisotopic (exact) mass is 567 g/mol. The molecule has 6 nitrogen and oxygen atoms in total. The third-order valence-electron chi connectivity index (χ3n) is 6.79. The van der Waals surface area contributed by atoms with Crippen LogP contribution in [-0.2, 0) is 23.8 Å². The zero-order valence-corrected chi connectivity index (χ0v) is 22.7. The van der Waals surface area contributed by atoms with Crippen molar-refractivity contribution < 1.29 is 27.5 Å². The van der Waals surface area contributed by atoms with Gasteiger partial charge in [-0.3, -0.25) is 14.5 Å². The Hall–Kier alpha value is -3.60. The van der Waals surface area contributed by atoms with E-state index in [2.05, 4.69) is 21.8 Å². The van der Waals surface area contributed by atoms with E-state index in [1.807, 2.05) is 12.1 Å². The van der Waals surface area contributed by atoms with Crippen molar-refractivity contribution in [3.8, 4) is 11.5 Å². The van der Waals surface area contributed by atoms with E-state index in [-0.39, 0.29) is 18.0 Å². The third kappa shape index (κ3) is 7.12. The maximum absolute atomic E-state index is 12.8. The first kappa shape index (κ1) is 27.9. The van der Waals surface area contributed by atoms with Crippen LogP contribution in [0, 0.1) is 0 Å². The van der Waals surface area contributed by atoms with Gasteiger partial charge in [-0.2, -0.15) is 13.2 Å². The van der Waals surface area contributed by atoms with E-state index in [1.165, 1.54) is 23.5 Å². The molecule has 0 amide bonds. The molecule has 0 unspecified atom stereocenters. The lowest BCUT2D eigenvalue weighted by Crippen LogP contribution is -2.46. The van der Waals surface area contributed by atoms with Crippen molar-refractivity contribution in [1.82, 2.24) is 14.8 Å². The Morgan fingerprint density at radius 3 is 2.38 bits per heavy atom. The summed E-state index contributed by atoms with van der Waals surface area (Å²) in [6, 6.07) is 16.8. The number of piperazine rings is 1. The first-order valence-electron chi connectivity index (χ1n) is 12.9. The number of hydrogen-bond acceptors (Lipinski definition) is 7. The van der Waals surface area contributed by atoms with Crippen LogP contribution in [0.1, 0.15) is 26.5 Å². The van der Waals surface area contributed by atoms with E-state index in [9.17, 15) is 22.8 Å². The summed E-state index contributed by atoms with van der Waals surface area (Å²) in [5, 5.41) is 0.766. The van der Waals surface area contributed by atoms with Gasteiger partial charge in [0.2, 0.25) is 0 Å². The zero-order valence-electron chi connectivity index (χ0n) is 21.9. The maximum atomic E-state index is 12.8. The minimum atomic E-state index is -4.42. The second-order valence-electron chi connectivity index (χ2n) is 9.96. The number of alkyl halides is 3. The summed E-state index contributed by atoms with van der Waals surface area (Å²) >= 11 is 1.46. The molecule has 208 valence electrons. The van der Waals surface area contributed by atoms with Gasteiger partial charge in [0.25, 0.3) is 0 Å². The van der Waals surface area contributed by atoms with Gasteiger partial charge in [-0.1, -0.05) is 24.3 Å². The number of likely N-dealkylation sites (N-methyl/N-ethyl adjacent to an activating group) is 1. The van der Waals surface area contributed by atoms with Crippen molar-refractivity contribution in [3.05, 3.63) is 88.4 Å². The second-order valence-corrected chi connectivity index (χ2v) is 11.1. The molecular formula is C30H28F3N3O3S. The largest absolute Gasteiger partial charge is 0.457 e. The molecule has 1 fully saturated rings. The number of ether oxygens (including phenoxy) is 1. The summed E-state index contributed by atoms with van der Waals surface area (Å²) in [7, 11) is 2.08. The Kier molecular flexibility index (Phi) is 8.30. The maximum Gasteiger partial charge on any atom is 0.416 e. The molecule has 1 aliphatic rings. The lowest BCUT2D eigenvalue weighted by Gasteiger charge is -2.31.